The van der Waals surface area contributed by atoms with Gasteiger partial charge in [0.1, 0.15) is 0 Å². The van der Waals surface area contributed by atoms with Crippen LogP contribution in [0, 0.1) is 11.8 Å². The molecule has 2 unspecified atom stereocenters. The van der Waals surface area contributed by atoms with Crippen molar-refractivity contribution in [1.29, 1.82) is 0 Å². The number of carboxylic acid groups (broad SMARTS) is 1. The number of carbonyl (C=O) groups excluding carboxylic acids is 1. The summed E-state index contributed by atoms with van der Waals surface area (Å²) in [7, 11) is 0. The fraction of sp³-hybridized carbons (Fsp3) is 0.867. The summed E-state index contributed by atoms with van der Waals surface area (Å²) in [5.74, 6) is 0.271. The summed E-state index contributed by atoms with van der Waals surface area (Å²) in [6.45, 7) is 10.5. The zero-order valence-corrected chi connectivity index (χ0v) is 13.1. The molecule has 0 radical (unpaired) electrons. The van der Waals surface area contributed by atoms with E-state index in [2.05, 4.69) is 13.8 Å². The van der Waals surface area contributed by atoms with Crippen LogP contribution in [0.4, 0.5) is 4.79 Å². The Bertz CT molecular complexity index is 334. The number of nitrogens with zero attached hydrogens (tertiary/aromatic N) is 2. The zero-order chi connectivity index (χ0) is 15.3. The maximum atomic E-state index is 12.6. The van der Waals surface area contributed by atoms with Gasteiger partial charge >= 0.3 is 12.0 Å². The Morgan fingerprint density at radius 2 is 1.80 bits per heavy atom. The molecule has 2 amide bonds. The minimum Gasteiger partial charge on any atom is -0.481 e. The number of aliphatic carboxylic acids is 1. The van der Waals surface area contributed by atoms with Crippen molar-refractivity contribution in [2.24, 2.45) is 11.8 Å². The lowest BCUT2D eigenvalue weighted by Crippen LogP contribution is -2.51. The normalized spacial score (nSPS) is 22.9. The molecule has 0 aliphatic carbocycles. The molecule has 1 N–H and O–H groups in total. The fourth-order valence-corrected chi connectivity index (χ4v) is 2.98. The lowest BCUT2D eigenvalue weighted by atomic mass is 9.92. The predicted octanol–water partition coefficient (Wildman–Crippen LogP) is 2.66. The lowest BCUT2D eigenvalue weighted by molar-refractivity contribution is -0.137. The first-order valence-electron chi connectivity index (χ1n) is 7.58. The number of urea groups is 1. The molecule has 1 saturated heterocycles. The molecule has 2 atom stereocenters. The van der Waals surface area contributed by atoms with Crippen LogP contribution < -0.4 is 0 Å². The topological polar surface area (TPSA) is 60.9 Å². The van der Waals surface area contributed by atoms with Crippen LogP contribution in [-0.2, 0) is 4.79 Å². The van der Waals surface area contributed by atoms with E-state index in [1.807, 2.05) is 18.7 Å². The number of amides is 2. The second-order valence-electron chi connectivity index (χ2n) is 6.42. The van der Waals surface area contributed by atoms with E-state index >= 15 is 0 Å². The fourth-order valence-electron chi connectivity index (χ4n) is 2.98. The van der Waals surface area contributed by atoms with Gasteiger partial charge in [-0.05, 0) is 38.5 Å². The minimum atomic E-state index is -0.804. The van der Waals surface area contributed by atoms with Crippen molar-refractivity contribution in [3.63, 3.8) is 0 Å². The van der Waals surface area contributed by atoms with Crippen LogP contribution >= 0.6 is 0 Å². The van der Waals surface area contributed by atoms with Gasteiger partial charge in [-0.2, -0.15) is 0 Å². The molecule has 0 spiro atoms. The van der Waals surface area contributed by atoms with E-state index in [1.165, 1.54) is 6.42 Å². The lowest BCUT2D eigenvalue weighted by Gasteiger charge is -2.39. The molecule has 5 nitrogen and oxygen atoms in total. The van der Waals surface area contributed by atoms with Crippen LogP contribution in [-0.4, -0.2) is 52.6 Å². The maximum absolute atomic E-state index is 12.6. The molecule has 1 rings (SSSR count). The van der Waals surface area contributed by atoms with Crippen molar-refractivity contribution < 1.29 is 14.7 Å². The van der Waals surface area contributed by atoms with E-state index in [0.29, 0.717) is 24.8 Å². The van der Waals surface area contributed by atoms with Gasteiger partial charge in [-0.3, -0.25) is 4.79 Å². The molecule has 5 heteroatoms. The molecule has 0 aromatic carbocycles. The van der Waals surface area contributed by atoms with E-state index in [0.717, 1.165) is 13.1 Å². The summed E-state index contributed by atoms with van der Waals surface area (Å²) in [5.41, 5.74) is 0. The molecule has 0 aromatic rings. The average Bonchev–Trinajstić information content (AvgIpc) is 2.31. The van der Waals surface area contributed by atoms with Gasteiger partial charge < -0.3 is 14.9 Å². The predicted molar refractivity (Wildman–Crippen MR) is 78.6 cm³/mol. The third kappa shape index (κ3) is 5.02. The SMILES string of the molecule is CC1CC(C)CN(C(=O)N(CCCC(=O)O)C(C)C)C1. The van der Waals surface area contributed by atoms with Crippen molar-refractivity contribution in [2.45, 2.75) is 53.0 Å². The smallest absolute Gasteiger partial charge is 0.320 e. The first-order chi connectivity index (χ1) is 9.31. The standard InChI is InChI=1S/C15H28N2O3/c1-11(2)17(7-5-6-14(18)19)15(20)16-9-12(3)8-13(4)10-16/h11-13H,5-10H2,1-4H3,(H,18,19). The van der Waals surface area contributed by atoms with E-state index in [-0.39, 0.29) is 18.5 Å². The summed E-state index contributed by atoms with van der Waals surface area (Å²) in [6, 6.07) is 0.160. The van der Waals surface area contributed by atoms with Crippen molar-refractivity contribution in [3.05, 3.63) is 0 Å². The Kier molecular flexibility index (Phi) is 6.30. The van der Waals surface area contributed by atoms with Gasteiger partial charge in [-0.25, -0.2) is 4.79 Å². The first kappa shape index (κ1) is 16.8. The molecular weight excluding hydrogens is 256 g/mol. The summed E-state index contributed by atoms with van der Waals surface area (Å²) in [5, 5.41) is 8.71. The second-order valence-corrected chi connectivity index (χ2v) is 6.42. The third-order valence-electron chi connectivity index (χ3n) is 3.80. The van der Waals surface area contributed by atoms with Crippen LogP contribution in [0.5, 0.6) is 0 Å². The summed E-state index contributed by atoms with van der Waals surface area (Å²) >= 11 is 0. The summed E-state index contributed by atoms with van der Waals surface area (Å²) in [4.78, 5) is 26.9. The molecule has 0 saturated carbocycles. The monoisotopic (exact) mass is 284 g/mol. The van der Waals surface area contributed by atoms with Gasteiger partial charge in [0.25, 0.3) is 0 Å². The van der Waals surface area contributed by atoms with Crippen molar-refractivity contribution >= 4 is 12.0 Å². The average molecular weight is 284 g/mol. The molecule has 1 fully saturated rings. The zero-order valence-electron chi connectivity index (χ0n) is 13.1. The highest BCUT2D eigenvalue weighted by atomic mass is 16.4. The molecule has 20 heavy (non-hydrogen) atoms. The largest absolute Gasteiger partial charge is 0.481 e. The van der Waals surface area contributed by atoms with Crippen molar-refractivity contribution in [3.8, 4) is 0 Å². The van der Waals surface area contributed by atoms with Gasteiger partial charge in [-0.1, -0.05) is 13.8 Å². The Balaban J connectivity index is 2.61. The number of rotatable bonds is 5. The number of likely N-dealkylation sites (tertiary alicyclic amines) is 1. The number of hydrogen-bond donors (Lipinski definition) is 1. The first-order valence-corrected chi connectivity index (χ1v) is 7.58. The third-order valence-corrected chi connectivity index (χ3v) is 3.80. The molecule has 0 aromatic heterocycles. The van der Waals surface area contributed by atoms with E-state index in [9.17, 15) is 9.59 Å². The van der Waals surface area contributed by atoms with E-state index in [1.54, 1.807) is 4.90 Å². The Hall–Kier alpha value is -1.26. The molecule has 116 valence electrons. The van der Waals surface area contributed by atoms with Crippen LogP contribution in [0.25, 0.3) is 0 Å². The van der Waals surface area contributed by atoms with Gasteiger partial charge in [0.15, 0.2) is 0 Å². The second kappa shape index (κ2) is 7.50. The van der Waals surface area contributed by atoms with E-state index < -0.39 is 5.97 Å². The molecule has 1 aliphatic rings. The quantitative estimate of drug-likeness (QED) is 0.844. The summed E-state index contributed by atoms with van der Waals surface area (Å²) < 4.78 is 0. The van der Waals surface area contributed by atoms with E-state index in [4.69, 9.17) is 5.11 Å². The minimum absolute atomic E-state index is 0.0591. The number of hydrogen-bond acceptors (Lipinski definition) is 2. The van der Waals surface area contributed by atoms with Crippen molar-refractivity contribution in [2.75, 3.05) is 19.6 Å². The molecule has 0 bridgehead atoms. The van der Waals surface area contributed by atoms with Crippen LogP contribution in [0.2, 0.25) is 0 Å². The highest BCUT2D eigenvalue weighted by molar-refractivity contribution is 5.75. The van der Waals surface area contributed by atoms with Gasteiger partial charge in [0.2, 0.25) is 0 Å². The summed E-state index contributed by atoms with van der Waals surface area (Å²) in [6.07, 6.45) is 1.80. The Morgan fingerprint density at radius 3 is 2.25 bits per heavy atom. The Morgan fingerprint density at radius 1 is 1.25 bits per heavy atom. The van der Waals surface area contributed by atoms with Gasteiger partial charge in [0, 0.05) is 32.1 Å². The number of carbonyl (C=O) groups is 2. The van der Waals surface area contributed by atoms with Crippen LogP contribution in [0.1, 0.15) is 47.0 Å². The van der Waals surface area contributed by atoms with Gasteiger partial charge in [-0.15, -0.1) is 0 Å². The van der Waals surface area contributed by atoms with Crippen molar-refractivity contribution in [1.82, 2.24) is 9.80 Å². The highest BCUT2D eigenvalue weighted by Crippen LogP contribution is 2.22. The Labute approximate surface area is 121 Å². The van der Waals surface area contributed by atoms with Gasteiger partial charge in [0.05, 0.1) is 0 Å². The molecule has 1 aliphatic heterocycles. The molecule has 1 heterocycles. The van der Waals surface area contributed by atoms with Crippen LogP contribution in [0.3, 0.4) is 0 Å². The number of piperidine rings is 1. The maximum Gasteiger partial charge on any atom is 0.320 e. The van der Waals surface area contributed by atoms with Crippen LogP contribution in [0.15, 0.2) is 0 Å². The molecular formula is C15H28N2O3. The highest BCUT2D eigenvalue weighted by Gasteiger charge is 2.29. The number of carboxylic acids is 1.